The van der Waals surface area contributed by atoms with Crippen molar-refractivity contribution in [2.24, 2.45) is 0 Å². The second-order valence-electron chi connectivity index (χ2n) is 5.01. The fourth-order valence-corrected chi connectivity index (χ4v) is 3.49. The molecule has 8 heteroatoms. The molecule has 1 aliphatic rings. The number of benzene rings is 1. The maximum absolute atomic E-state index is 12.2. The summed E-state index contributed by atoms with van der Waals surface area (Å²) in [6.45, 7) is 0.358. The minimum Gasteiger partial charge on any atom is -0.443 e. The van der Waals surface area contributed by atoms with Crippen molar-refractivity contribution in [3.05, 3.63) is 42.1 Å². The van der Waals surface area contributed by atoms with E-state index >= 15 is 0 Å². The fourth-order valence-electron chi connectivity index (χ4n) is 2.31. The number of para-hydroxylation sites is 1. The monoisotopic (exact) mass is 321 g/mol. The first-order chi connectivity index (χ1) is 10.5. The van der Waals surface area contributed by atoms with Crippen molar-refractivity contribution in [3.8, 4) is 0 Å². The number of hydrogen-bond acceptors (Lipinski definition) is 5. The molecular weight excluding hydrogens is 306 g/mol. The molecule has 1 atom stereocenters. The van der Waals surface area contributed by atoms with Crippen LogP contribution < -0.4 is 10.0 Å². The van der Waals surface area contributed by atoms with Crippen LogP contribution in [0.4, 0.5) is 4.79 Å². The lowest BCUT2D eigenvalue weighted by Gasteiger charge is -2.11. The van der Waals surface area contributed by atoms with Crippen LogP contribution >= 0.6 is 0 Å². The molecule has 7 nitrogen and oxygen atoms in total. The average Bonchev–Trinajstić information content (AvgIpc) is 2.91. The van der Waals surface area contributed by atoms with Gasteiger partial charge in [0.15, 0.2) is 0 Å². The van der Waals surface area contributed by atoms with E-state index in [1.165, 1.54) is 0 Å². The standard InChI is InChI=1S/C14H15N3O4S/c18-14-16-7-12(21-14)8-17-22(19,20)9-11-4-1-3-10-5-2-6-15-13(10)11/h1-6,12,17H,7-9H2,(H,16,18). The molecule has 1 aliphatic heterocycles. The van der Waals surface area contributed by atoms with Gasteiger partial charge in [-0.25, -0.2) is 17.9 Å². The van der Waals surface area contributed by atoms with Crippen LogP contribution in [0, 0.1) is 0 Å². The van der Waals surface area contributed by atoms with Crippen LogP contribution in [0.2, 0.25) is 0 Å². The normalized spacial score (nSPS) is 18.2. The highest BCUT2D eigenvalue weighted by molar-refractivity contribution is 7.88. The lowest BCUT2D eigenvalue weighted by molar-refractivity contribution is 0.142. The van der Waals surface area contributed by atoms with E-state index in [0.29, 0.717) is 17.6 Å². The Bertz CT molecular complexity index is 801. The minimum absolute atomic E-state index is 0.0548. The van der Waals surface area contributed by atoms with Crippen LogP contribution in [0.25, 0.3) is 10.9 Å². The van der Waals surface area contributed by atoms with E-state index in [-0.39, 0.29) is 12.3 Å². The number of nitrogens with zero attached hydrogens (tertiary/aromatic N) is 1. The molecule has 2 N–H and O–H groups in total. The number of pyridine rings is 1. The number of nitrogens with one attached hydrogen (secondary N) is 2. The summed E-state index contributed by atoms with van der Waals surface area (Å²) in [7, 11) is -3.54. The summed E-state index contributed by atoms with van der Waals surface area (Å²) in [5.74, 6) is -0.171. The van der Waals surface area contributed by atoms with E-state index in [1.54, 1.807) is 24.4 Å². The Morgan fingerprint density at radius 2 is 2.14 bits per heavy atom. The van der Waals surface area contributed by atoms with Gasteiger partial charge in [-0.15, -0.1) is 0 Å². The van der Waals surface area contributed by atoms with Crippen LogP contribution in [0.1, 0.15) is 5.56 Å². The smallest absolute Gasteiger partial charge is 0.407 e. The highest BCUT2D eigenvalue weighted by Gasteiger charge is 2.24. The minimum atomic E-state index is -3.54. The zero-order valence-electron chi connectivity index (χ0n) is 11.7. The van der Waals surface area contributed by atoms with Crippen molar-refractivity contribution >= 4 is 27.0 Å². The molecule has 0 spiro atoms. The number of rotatable bonds is 5. The van der Waals surface area contributed by atoms with Crippen molar-refractivity contribution in [1.29, 1.82) is 0 Å². The van der Waals surface area contributed by atoms with Crippen molar-refractivity contribution in [2.75, 3.05) is 13.1 Å². The molecule has 0 aliphatic carbocycles. The summed E-state index contributed by atoms with van der Waals surface area (Å²) in [6, 6.07) is 9.12. The van der Waals surface area contributed by atoms with Gasteiger partial charge in [0.2, 0.25) is 10.0 Å². The van der Waals surface area contributed by atoms with E-state index in [0.717, 1.165) is 5.39 Å². The van der Waals surface area contributed by atoms with Crippen LogP contribution in [0.15, 0.2) is 36.5 Å². The maximum atomic E-state index is 12.2. The number of sulfonamides is 1. The van der Waals surface area contributed by atoms with E-state index in [4.69, 9.17) is 4.74 Å². The topological polar surface area (TPSA) is 97.4 Å². The lowest BCUT2D eigenvalue weighted by atomic mass is 10.1. The zero-order chi connectivity index (χ0) is 15.6. The Kier molecular flexibility index (Phi) is 3.95. The molecule has 1 unspecified atom stereocenters. The largest absolute Gasteiger partial charge is 0.443 e. The molecule has 2 aromatic rings. The van der Waals surface area contributed by atoms with Crippen molar-refractivity contribution in [3.63, 3.8) is 0 Å². The molecule has 1 saturated heterocycles. The Balaban J connectivity index is 1.71. The number of hydrogen-bond donors (Lipinski definition) is 2. The number of carbonyl (C=O) groups is 1. The summed E-state index contributed by atoms with van der Waals surface area (Å²) < 4.78 is 31.7. The molecule has 1 aromatic carbocycles. The second-order valence-corrected chi connectivity index (χ2v) is 6.81. The van der Waals surface area contributed by atoms with Gasteiger partial charge in [-0.1, -0.05) is 24.3 Å². The van der Waals surface area contributed by atoms with E-state index in [1.807, 2.05) is 12.1 Å². The SMILES string of the molecule is O=C1NCC(CNS(=O)(=O)Cc2cccc3cccnc23)O1. The highest BCUT2D eigenvalue weighted by atomic mass is 32.2. The first-order valence-corrected chi connectivity index (χ1v) is 8.43. The van der Waals surface area contributed by atoms with Gasteiger partial charge in [-0.05, 0) is 11.6 Å². The van der Waals surface area contributed by atoms with E-state index in [9.17, 15) is 13.2 Å². The average molecular weight is 321 g/mol. The molecule has 3 rings (SSSR count). The summed E-state index contributed by atoms with van der Waals surface area (Å²) >= 11 is 0. The van der Waals surface area contributed by atoms with Gasteiger partial charge < -0.3 is 10.1 Å². The van der Waals surface area contributed by atoms with Crippen LogP contribution in [0.5, 0.6) is 0 Å². The molecule has 0 bridgehead atoms. The molecule has 0 radical (unpaired) electrons. The number of cyclic esters (lactones) is 1. The van der Waals surface area contributed by atoms with Gasteiger partial charge in [0.1, 0.15) is 6.10 Å². The van der Waals surface area contributed by atoms with Crippen molar-refractivity contribution < 1.29 is 17.9 Å². The third kappa shape index (κ3) is 3.34. The van der Waals surface area contributed by atoms with Crippen LogP contribution in [0.3, 0.4) is 0 Å². The second kappa shape index (κ2) is 5.90. The summed E-state index contributed by atoms with van der Waals surface area (Å²) in [4.78, 5) is 15.1. The third-order valence-corrected chi connectivity index (χ3v) is 4.64. The summed E-state index contributed by atoms with van der Waals surface area (Å²) in [5.41, 5.74) is 1.30. The first-order valence-electron chi connectivity index (χ1n) is 6.78. The molecule has 2 heterocycles. The van der Waals surface area contributed by atoms with Crippen molar-refractivity contribution in [2.45, 2.75) is 11.9 Å². The summed E-state index contributed by atoms with van der Waals surface area (Å²) in [6.07, 6.45) is 0.630. The van der Waals surface area contributed by atoms with Crippen LogP contribution in [-0.2, 0) is 20.5 Å². The van der Waals surface area contributed by atoms with Crippen molar-refractivity contribution in [1.82, 2.24) is 15.0 Å². The maximum Gasteiger partial charge on any atom is 0.407 e. The molecule has 1 amide bonds. The Morgan fingerprint density at radius 1 is 1.32 bits per heavy atom. The molecule has 1 fully saturated rings. The van der Waals surface area contributed by atoms with Gasteiger partial charge in [-0.3, -0.25) is 4.98 Å². The predicted molar refractivity (Wildman–Crippen MR) is 80.6 cm³/mol. The number of fused-ring (bicyclic) bond motifs is 1. The van der Waals surface area contributed by atoms with Gasteiger partial charge in [0, 0.05) is 18.1 Å². The molecular formula is C14H15N3O4S. The lowest BCUT2D eigenvalue weighted by Crippen LogP contribution is -2.34. The Morgan fingerprint density at radius 3 is 2.91 bits per heavy atom. The van der Waals surface area contributed by atoms with E-state index < -0.39 is 22.2 Å². The summed E-state index contributed by atoms with van der Waals surface area (Å²) in [5, 5.41) is 3.37. The van der Waals surface area contributed by atoms with Gasteiger partial charge in [-0.2, -0.15) is 0 Å². The fraction of sp³-hybridized carbons (Fsp3) is 0.286. The molecule has 1 aromatic heterocycles. The molecule has 22 heavy (non-hydrogen) atoms. The zero-order valence-corrected chi connectivity index (χ0v) is 12.5. The van der Waals surface area contributed by atoms with E-state index in [2.05, 4.69) is 15.0 Å². The molecule has 116 valence electrons. The quantitative estimate of drug-likeness (QED) is 0.847. The van der Waals surface area contributed by atoms with Crippen LogP contribution in [-0.4, -0.2) is 38.7 Å². The Hall–Kier alpha value is -2.19. The van der Waals surface area contributed by atoms with Gasteiger partial charge in [0.05, 0.1) is 17.8 Å². The number of ether oxygens (including phenoxy) is 1. The molecule has 0 saturated carbocycles. The third-order valence-electron chi connectivity index (χ3n) is 3.34. The van der Waals surface area contributed by atoms with Gasteiger partial charge in [0.25, 0.3) is 0 Å². The number of carbonyl (C=O) groups excluding carboxylic acids is 1. The number of amides is 1. The predicted octanol–water partition coefficient (Wildman–Crippen LogP) is 0.763. The Labute approximate surface area is 127 Å². The first kappa shape index (κ1) is 14.7. The number of aromatic nitrogens is 1. The highest BCUT2D eigenvalue weighted by Crippen LogP contribution is 2.17. The van der Waals surface area contributed by atoms with Gasteiger partial charge >= 0.3 is 6.09 Å². The number of alkyl carbamates (subject to hydrolysis) is 1.